The number of alkyl halides is 3. The zero-order valence-electron chi connectivity index (χ0n) is 17.8. The molecular formula is C23H24ClF3N2O2S. The molecule has 172 valence electrons. The van der Waals surface area contributed by atoms with Gasteiger partial charge in [-0.15, -0.1) is 0 Å². The van der Waals surface area contributed by atoms with Crippen LogP contribution < -0.4 is 10.1 Å². The smallest absolute Gasteiger partial charge is 0.420 e. The molecule has 4 nitrogen and oxygen atoms in total. The molecule has 0 saturated heterocycles. The number of fused-ring (bicyclic) bond motifs is 1. The van der Waals surface area contributed by atoms with Crippen LogP contribution in [0.1, 0.15) is 24.2 Å². The molecule has 3 aromatic rings. The molecule has 1 heterocycles. The standard InChI is InChI=1S/C23H24ClF3N2O2S/c1-4-32-13-22(30,23(25,26)27)21(15-9-11-20(31-3)17(24)12-15)29-19-7-5-6-18-16(19)10-8-14(2)28-18/h5-12,21,29-30H,4,13H2,1-3H3. The molecule has 0 bridgehead atoms. The van der Waals surface area contributed by atoms with Crippen molar-refractivity contribution in [2.24, 2.45) is 0 Å². The van der Waals surface area contributed by atoms with Crippen LogP contribution in [-0.4, -0.2) is 40.5 Å². The molecule has 0 aliphatic carbocycles. The number of methoxy groups -OCH3 is 1. The van der Waals surface area contributed by atoms with E-state index in [0.717, 1.165) is 17.5 Å². The fourth-order valence-electron chi connectivity index (χ4n) is 3.47. The highest BCUT2D eigenvalue weighted by Crippen LogP contribution is 2.45. The molecule has 0 amide bonds. The number of pyridine rings is 1. The van der Waals surface area contributed by atoms with Gasteiger partial charge in [0.05, 0.1) is 23.7 Å². The number of thioether (sulfide) groups is 1. The van der Waals surface area contributed by atoms with Gasteiger partial charge in [0.2, 0.25) is 0 Å². The monoisotopic (exact) mass is 484 g/mol. The summed E-state index contributed by atoms with van der Waals surface area (Å²) in [6, 6.07) is 11.6. The molecular weight excluding hydrogens is 461 g/mol. The minimum Gasteiger partial charge on any atom is -0.495 e. The van der Waals surface area contributed by atoms with Crippen molar-refractivity contribution in [1.29, 1.82) is 0 Å². The third kappa shape index (κ3) is 4.92. The summed E-state index contributed by atoms with van der Waals surface area (Å²) in [5.41, 5.74) is -1.02. The summed E-state index contributed by atoms with van der Waals surface area (Å²) < 4.78 is 48.1. The number of aromatic nitrogens is 1. The zero-order valence-corrected chi connectivity index (χ0v) is 19.4. The Bertz CT molecular complexity index is 1100. The molecule has 2 aromatic carbocycles. The third-order valence-electron chi connectivity index (χ3n) is 5.17. The van der Waals surface area contributed by atoms with E-state index in [0.29, 0.717) is 28.1 Å². The molecule has 0 aliphatic heterocycles. The Morgan fingerprint density at radius 2 is 1.94 bits per heavy atom. The molecule has 9 heteroatoms. The average Bonchev–Trinajstić information content (AvgIpc) is 2.74. The number of nitrogens with zero attached hydrogens (tertiary/aromatic N) is 1. The van der Waals surface area contributed by atoms with Gasteiger partial charge in [-0.25, -0.2) is 0 Å². The Morgan fingerprint density at radius 1 is 1.19 bits per heavy atom. The summed E-state index contributed by atoms with van der Waals surface area (Å²) in [7, 11) is 1.42. The summed E-state index contributed by atoms with van der Waals surface area (Å²) in [5.74, 6) is 0.208. The summed E-state index contributed by atoms with van der Waals surface area (Å²) in [4.78, 5) is 4.45. The Labute approximate surface area is 194 Å². The lowest BCUT2D eigenvalue weighted by atomic mass is 9.88. The molecule has 2 unspecified atom stereocenters. The number of hydrogen-bond acceptors (Lipinski definition) is 5. The number of rotatable bonds is 8. The predicted molar refractivity (Wildman–Crippen MR) is 125 cm³/mol. The van der Waals surface area contributed by atoms with Crippen LogP contribution >= 0.6 is 23.4 Å². The van der Waals surface area contributed by atoms with Crippen LogP contribution in [0.4, 0.5) is 18.9 Å². The van der Waals surface area contributed by atoms with Crippen molar-refractivity contribution in [1.82, 2.24) is 4.98 Å². The van der Waals surface area contributed by atoms with Gasteiger partial charge in [-0.1, -0.05) is 30.7 Å². The fourth-order valence-corrected chi connectivity index (χ4v) is 4.58. The van der Waals surface area contributed by atoms with Crippen LogP contribution in [-0.2, 0) is 0 Å². The van der Waals surface area contributed by atoms with E-state index < -0.39 is 23.6 Å². The van der Waals surface area contributed by atoms with Crippen LogP contribution in [0.5, 0.6) is 5.75 Å². The lowest BCUT2D eigenvalue weighted by Crippen LogP contribution is -2.54. The quantitative estimate of drug-likeness (QED) is 0.387. The second-order valence-corrected chi connectivity index (χ2v) is 9.04. The lowest BCUT2D eigenvalue weighted by molar-refractivity contribution is -0.256. The number of benzene rings is 2. The molecule has 32 heavy (non-hydrogen) atoms. The van der Waals surface area contributed by atoms with Crippen molar-refractivity contribution in [3.63, 3.8) is 0 Å². The minimum atomic E-state index is -4.90. The number of hydrogen-bond donors (Lipinski definition) is 2. The van der Waals surface area contributed by atoms with Gasteiger partial charge in [0, 0.05) is 22.5 Å². The van der Waals surface area contributed by atoms with E-state index in [2.05, 4.69) is 10.3 Å². The molecule has 3 rings (SSSR count). The molecule has 1 aromatic heterocycles. The van der Waals surface area contributed by atoms with Crippen molar-refractivity contribution in [3.8, 4) is 5.75 Å². The summed E-state index contributed by atoms with van der Waals surface area (Å²) in [5, 5.41) is 14.8. The van der Waals surface area contributed by atoms with Gasteiger partial charge in [0.1, 0.15) is 5.75 Å². The van der Waals surface area contributed by atoms with Gasteiger partial charge in [-0.05, 0) is 54.6 Å². The van der Waals surface area contributed by atoms with Crippen molar-refractivity contribution in [2.75, 3.05) is 23.9 Å². The first kappa shape index (κ1) is 24.5. The van der Waals surface area contributed by atoms with Gasteiger partial charge in [0.15, 0.2) is 5.60 Å². The molecule has 2 atom stereocenters. The molecule has 0 aliphatic rings. The Balaban J connectivity index is 2.17. The summed E-state index contributed by atoms with van der Waals surface area (Å²) in [6.45, 7) is 3.58. The van der Waals surface area contributed by atoms with E-state index in [1.165, 1.54) is 25.3 Å². The van der Waals surface area contributed by atoms with Crippen LogP contribution in [0, 0.1) is 6.92 Å². The predicted octanol–water partition coefficient (Wildman–Crippen LogP) is 6.40. The topological polar surface area (TPSA) is 54.4 Å². The molecule has 0 spiro atoms. The van der Waals surface area contributed by atoms with E-state index in [4.69, 9.17) is 16.3 Å². The largest absolute Gasteiger partial charge is 0.495 e. The summed E-state index contributed by atoms with van der Waals surface area (Å²) in [6.07, 6.45) is -4.90. The van der Waals surface area contributed by atoms with Crippen LogP contribution in [0.3, 0.4) is 0 Å². The third-order valence-corrected chi connectivity index (χ3v) is 6.52. The maximum absolute atomic E-state index is 14.3. The van der Waals surface area contributed by atoms with Gasteiger partial charge in [-0.3, -0.25) is 4.98 Å². The normalized spacial score (nSPS) is 14.8. The Morgan fingerprint density at radius 3 is 2.56 bits per heavy atom. The highest BCUT2D eigenvalue weighted by Gasteiger charge is 2.59. The van der Waals surface area contributed by atoms with Crippen LogP contribution in [0.15, 0.2) is 48.5 Å². The van der Waals surface area contributed by atoms with Crippen molar-refractivity contribution in [3.05, 3.63) is 64.8 Å². The maximum Gasteiger partial charge on any atom is 0.420 e. The van der Waals surface area contributed by atoms with Crippen LogP contribution in [0.25, 0.3) is 10.9 Å². The minimum absolute atomic E-state index is 0.152. The molecule has 0 fully saturated rings. The first-order valence-electron chi connectivity index (χ1n) is 9.94. The fraction of sp³-hybridized carbons (Fsp3) is 0.348. The van der Waals surface area contributed by atoms with Gasteiger partial charge >= 0.3 is 6.18 Å². The van der Waals surface area contributed by atoms with Crippen molar-refractivity contribution >= 4 is 40.0 Å². The molecule has 0 radical (unpaired) electrons. The number of aryl methyl sites for hydroxylation is 1. The van der Waals surface area contributed by atoms with E-state index in [-0.39, 0.29) is 10.6 Å². The highest BCUT2D eigenvalue weighted by atomic mass is 35.5. The van der Waals surface area contributed by atoms with Crippen LogP contribution in [0.2, 0.25) is 5.02 Å². The summed E-state index contributed by atoms with van der Waals surface area (Å²) >= 11 is 7.24. The van der Waals surface area contributed by atoms with E-state index in [9.17, 15) is 18.3 Å². The molecule has 2 N–H and O–H groups in total. The number of halogens is 4. The highest BCUT2D eigenvalue weighted by molar-refractivity contribution is 7.99. The lowest BCUT2D eigenvalue weighted by Gasteiger charge is -2.39. The molecule has 0 saturated carbocycles. The Hall–Kier alpha value is -2.16. The van der Waals surface area contributed by atoms with Gasteiger partial charge < -0.3 is 15.2 Å². The first-order valence-corrected chi connectivity index (χ1v) is 11.5. The van der Waals surface area contributed by atoms with Crippen molar-refractivity contribution in [2.45, 2.75) is 31.7 Å². The SMILES string of the molecule is CCSCC(O)(C(Nc1cccc2nc(C)ccc12)c1ccc(OC)c(Cl)c1)C(F)(F)F. The average molecular weight is 485 g/mol. The van der Waals surface area contributed by atoms with Crippen molar-refractivity contribution < 1.29 is 23.0 Å². The second kappa shape index (κ2) is 9.77. The number of anilines is 1. The number of ether oxygens (including phenoxy) is 1. The van der Waals surface area contributed by atoms with Gasteiger partial charge in [-0.2, -0.15) is 24.9 Å². The number of nitrogens with one attached hydrogen (secondary N) is 1. The van der Waals surface area contributed by atoms with E-state index >= 15 is 0 Å². The van der Waals surface area contributed by atoms with Gasteiger partial charge in [0.25, 0.3) is 0 Å². The maximum atomic E-state index is 14.3. The zero-order chi connectivity index (χ0) is 23.5. The first-order chi connectivity index (χ1) is 15.1. The number of aliphatic hydroxyl groups is 1. The Kier molecular flexibility index (Phi) is 7.47. The van der Waals surface area contributed by atoms with E-state index in [1.807, 2.05) is 6.92 Å². The second-order valence-electron chi connectivity index (χ2n) is 7.36. The van der Waals surface area contributed by atoms with E-state index in [1.54, 1.807) is 37.3 Å².